The molecule has 0 aromatic carbocycles. The molecule has 4 aliphatic carbocycles. The average Bonchev–Trinajstić information content (AvgIpc) is 2.25. The van der Waals surface area contributed by atoms with E-state index in [0.717, 1.165) is 23.4 Å². The molecule has 4 fully saturated rings. The van der Waals surface area contributed by atoms with E-state index < -0.39 is 0 Å². The number of H-pyrrole nitrogens is 1. The van der Waals surface area contributed by atoms with Gasteiger partial charge in [0.1, 0.15) is 0 Å². The number of rotatable bonds is 1. The first-order chi connectivity index (χ1) is 8.63. The lowest BCUT2D eigenvalue weighted by Crippen LogP contribution is -2.49. The van der Waals surface area contributed by atoms with E-state index in [2.05, 4.69) is 9.97 Å². The third-order valence-electron chi connectivity index (χ3n) is 5.34. The van der Waals surface area contributed by atoms with Gasteiger partial charge in [-0.25, -0.2) is 4.98 Å². The van der Waals surface area contributed by atoms with Crippen LogP contribution in [0.5, 0.6) is 0 Å². The van der Waals surface area contributed by atoms with E-state index in [1.807, 2.05) is 0 Å². The maximum atomic E-state index is 11.6. The molecule has 0 saturated heterocycles. The smallest absolute Gasteiger partial charge is 0.252 e. The Morgan fingerprint density at radius 3 is 2.22 bits per heavy atom. The molecule has 0 amide bonds. The van der Waals surface area contributed by atoms with Crippen LogP contribution in [0.25, 0.3) is 0 Å². The van der Waals surface area contributed by atoms with Gasteiger partial charge in [0.25, 0.3) is 5.56 Å². The van der Waals surface area contributed by atoms with Gasteiger partial charge in [0.15, 0.2) is 0 Å². The van der Waals surface area contributed by atoms with Gasteiger partial charge in [0, 0.05) is 11.5 Å². The molecule has 5 rings (SSSR count). The molecule has 1 aromatic rings. The summed E-state index contributed by atoms with van der Waals surface area (Å²) in [5.41, 5.74) is 6.73. The highest BCUT2D eigenvalue weighted by Crippen LogP contribution is 2.60. The zero-order valence-electron chi connectivity index (χ0n) is 10.5. The summed E-state index contributed by atoms with van der Waals surface area (Å²) in [6, 6.07) is 1.68. The Balaban J connectivity index is 1.81. The molecule has 0 atom stereocenters. The minimum absolute atomic E-state index is 0.103. The van der Waals surface area contributed by atoms with Gasteiger partial charge in [0.05, 0.1) is 5.69 Å². The standard InChI is InChI=1S/C14H19N3O/c15-13-16-11(4-12(18)17-13)14-5-8-1-9(6-14)3-10(2-8)7-14/h4,8-10H,1-3,5-7H2,(H3,15,16,17,18). The van der Waals surface area contributed by atoms with Crippen LogP contribution in [0.15, 0.2) is 10.9 Å². The van der Waals surface area contributed by atoms with Gasteiger partial charge in [-0.2, -0.15) is 0 Å². The Morgan fingerprint density at radius 1 is 1.17 bits per heavy atom. The van der Waals surface area contributed by atoms with Gasteiger partial charge in [0.2, 0.25) is 5.95 Å². The normalized spacial score (nSPS) is 41.2. The number of nitrogens with zero attached hydrogens (tertiary/aromatic N) is 1. The van der Waals surface area contributed by atoms with Crippen molar-refractivity contribution in [1.29, 1.82) is 0 Å². The Bertz CT molecular complexity index is 513. The van der Waals surface area contributed by atoms with Crippen molar-refractivity contribution in [3.63, 3.8) is 0 Å². The monoisotopic (exact) mass is 245 g/mol. The quantitative estimate of drug-likeness (QED) is 0.792. The number of anilines is 1. The summed E-state index contributed by atoms with van der Waals surface area (Å²) >= 11 is 0. The van der Waals surface area contributed by atoms with Gasteiger partial charge in [-0.1, -0.05) is 0 Å². The van der Waals surface area contributed by atoms with Gasteiger partial charge in [-0.3, -0.25) is 9.78 Å². The van der Waals surface area contributed by atoms with Crippen molar-refractivity contribution in [3.05, 3.63) is 22.1 Å². The van der Waals surface area contributed by atoms with Crippen LogP contribution >= 0.6 is 0 Å². The fraction of sp³-hybridized carbons (Fsp3) is 0.714. The molecule has 96 valence electrons. The third-order valence-corrected chi connectivity index (χ3v) is 5.34. The molecular weight excluding hydrogens is 226 g/mol. The summed E-state index contributed by atoms with van der Waals surface area (Å²) in [5.74, 6) is 2.85. The minimum Gasteiger partial charge on any atom is -0.369 e. The summed E-state index contributed by atoms with van der Waals surface area (Å²) in [6.07, 6.45) is 7.85. The van der Waals surface area contributed by atoms with E-state index in [4.69, 9.17) is 5.73 Å². The topological polar surface area (TPSA) is 71.8 Å². The van der Waals surface area contributed by atoms with E-state index in [-0.39, 0.29) is 16.9 Å². The van der Waals surface area contributed by atoms with E-state index in [1.54, 1.807) is 6.07 Å². The molecule has 0 spiro atoms. The van der Waals surface area contributed by atoms with Gasteiger partial charge in [-0.05, 0) is 56.3 Å². The summed E-state index contributed by atoms with van der Waals surface area (Å²) in [6.45, 7) is 0. The predicted molar refractivity (Wildman–Crippen MR) is 69.1 cm³/mol. The molecule has 4 nitrogen and oxygen atoms in total. The maximum Gasteiger partial charge on any atom is 0.252 e. The van der Waals surface area contributed by atoms with Crippen molar-refractivity contribution >= 4 is 5.95 Å². The number of aromatic amines is 1. The number of hydrogen-bond acceptors (Lipinski definition) is 3. The maximum absolute atomic E-state index is 11.6. The Kier molecular flexibility index (Phi) is 1.98. The van der Waals surface area contributed by atoms with Crippen LogP contribution in [0.2, 0.25) is 0 Å². The van der Waals surface area contributed by atoms with Gasteiger partial charge in [-0.15, -0.1) is 0 Å². The molecule has 18 heavy (non-hydrogen) atoms. The number of hydrogen-bond donors (Lipinski definition) is 2. The predicted octanol–water partition coefficient (Wildman–Crippen LogP) is 1.82. The van der Waals surface area contributed by atoms with Crippen LogP contribution in [0.4, 0.5) is 5.95 Å². The van der Waals surface area contributed by atoms with Gasteiger partial charge < -0.3 is 5.73 Å². The van der Waals surface area contributed by atoms with Crippen molar-refractivity contribution < 1.29 is 0 Å². The molecule has 4 bridgehead atoms. The third kappa shape index (κ3) is 1.44. The zero-order valence-corrected chi connectivity index (χ0v) is 10.5. The fourth-order valence-corrected chi connectivity index (χ4v) is 5.17. The molecule has 4 saturated carbocycles. The van der Waals surface area contributed by atoms with E-state index >= 15 is 0 Å². The van der Waals surface area contributed by atoms with Crippen LogP contribution in [0.1, 0.15) is 44.2 Å². The molecule has 3 N–H and O–H groups in total. The number of aromatic nitrogens is 2. The second kappa shape index (κ2) is 3.37. The van der Waals surface area contributed by atoms with Crippen LogP contribution in [-0.4, -0.2) is 9.97 Å². The zero-order chi connectivity index (χ0) is 12.3. The van der Waals surface area contributed by atoms with Crippen molar-refractivity contribution in [2.45, 2.75) is 43.9 Å². The Labute approximate surface area is 106 Å². The second-order valence-corrected chi connectivity index (χ2v) is 6.71. The lowest BCUT2D eigenvalue weighted by molar-refractivity contribution is -0.00724. The SMILES string of the molecule is Nc1nc(C23CC4CC(CC(C4)C2)C3)cc(=O)[nH]1. The van der Waals surface area contributed by atoms with Crippen molar-refractivity contribution in [2.75, 3.05) is 5.73 Å². The Hall–Kier alpha value is -1.32. The average molecular weight is 245 g/mol. The fourth-order valence-electron chi connectivity index (χ4n) is 5.17. The van der Waals surface area contributed by atoms with Crippen LogP contribution in [-0.2, 0) is 5.41 Å². The molecule has 0 radical (unpaired) electrons. The van der Waals surface area contributed by atoms with Crippen molar-refractivity contribution in [1.82, 2.24) is 9.97 Å². The minimum atomic E-state index is -0.103. The summed E-state index contributed by atoms with van der Waals surface area (Å²) < 4.78 is 0. The van der Waals surface area contributed by atoms with Crippen molar-refractivity contribution in [3.8, 4) is 0 Å². The van der Waals surface area contributed by atoms with Crippen LogP contribution < -0.4 is 11.3 Å². The molecule has 4 heteroatoms. The van der Waals surface area contributed by atoms with E-state index in [1.165, 1.54) is 38.5 Å². The number of nitrogens with two attached hydrogens (primary N) is 1. The van der Waals surface area contributed by atoms with E-state index in [0.29, 0.717) is 0 Å². The van der Waals surface area contributed by atoms with Crippen LogP contribution in [0, 0.1) is 17.8 Å². The lowest BCUT2D eigenvalue weighted by atomic mass is 9.49. The van der Waals surface area contributed by atoms with Crippen molar-refractivity contribution in [2.24, 2.45) is 17.8 Å². The Morgan fingerprint density at radius 2 is 1.72 bits per heavy atom. The highest BCUT2D eigenvalue weighted by Gasteiger charge is 2.52. The first kappa shape index (κ1) is 10.6. The first-order valence-corrected chi connectivity index (χ1v) is 7.00. The summed E-state index contributed by atoms with van der Waals surface area (Å²) in [5, 5.41) is 0. The number of nitrogen functional groups attached to an aromatic ring is 1. The summed E-state index contributed by atoms with van der Waals surface area (Å²) in [4.78, 5) is 18.6. The molecule has 4 aliphatic rings. The van der Waals surface area contributed by atoms with Crippen LogP contribution in [0.3, 0.4) is 0 Å². The largest absolute Gasteiger partial charge is 0.369 e. The molecular formula is C14H19N3O. The highest BCUT2D eigenvalue weighted by molar-refractivity contribution is 5.27. The second-order valence-electron chi connectivity index (χ2n) is 6.71. The van der Waals surface area contributed by atoms with Gasteiger partial charge >= 0.3 is 0 Å². The first-order valence-electron chi connectivity index (χ1n) is 7.00. The molecule has 1 aromatic heterocycles. The lowest BCUT2D eigenvalue weighted by Gasteiger charge is -2.56. The highest BCUT2D eigenvalue weighted by atomic mass is 16.1. The summed E-state index contributed by atoms with van der Waals surface area (Å²) in [7, 11) is 0. The molecule has 0 aliphatic heterocycles. The molecule has 1 heterocycles. The molecule has 0 unspecified atom stereocenters. The number of nitrogens with one attached hydrogen (secondary N) is 1. The van der Waals surface area contributed by atoms with E-state index in [9.17, 15) is 4.79 Å².